The van der Waals surface area contributed by atoms with Gasteiger partial charge in [0.2, 0.25) is 0 Å². The number of methoxy groups -OCH3 is 1. The second-order valence-electron chi connectivity index (χ2n) is 8.44. The number of benzene rings is 1. The number of carbonyl (C=O) groups excluding carboxylic acids is 2. The van der Waals surface area contributed by atoms with Crippen LogP contribution in [0.1, 0.15) is 50.9 Å². The van der Waals surface area contributed by atoms with Gasteiger partial charge in [-0.1, -0.05) is 0 Å². The second-order valence-corrected chi connectivity index (χ2v) is 8.44. The van der Waals surface area contributed by atoms with E-state index < -0.39 is 29.7 Å². The van der Waals surface area contributed by atoms with Crippen LogP contribution in [0.15, 0.2) is 12.1 Å². The smallest absolute Gasteiger partial charge is 0.410 e. The molecule has 0 unspecified atom stereocenters. The van der Waals surface area contributed by atoms with Gasteiger partial charge in [0.1, 0.15) is 5.60 Å². The molecule has 7 nitrogen and oxygen atoms in total. The van der Waals surface area contributed by atoms with Gasteiger partial charge in [0.15, 0.2) is 11.6 Å². The lowest BCUT2D eigenvalue weighted by atomic mass is 9.90. The minimum absolute atomic E-state index is 0.0669. The SMILES string of the molecule is COC(=O)c1cc(F)c(OC(F)F)c(N[C@@H](C)C2CCN(C(=O)OC(C)(C)C)CC2)c1. The van der Waals surface area contributed by atoms with E-state index in [0.29, 0.717) is 25.9 Å². The van der Waals surface area contributed by atoms with Gasteiger partial charge >= 0.3 is 18.7 Å². The molecular weight excluding hydrogens is 417 g/mol. The van der Waals surface area contributed by atoms with E-state index in [2.05, 4.69) is 14.8 Å². The van der Waals surface area contributed by atoms with Crippen molar-refractivity contribution in [3.05, 3.63) is 23.5 Å². The molecule has 0 radical (unpaired) electrons. The molecule has 1 saturated heterocycles. The molecular formula is C21H29F3N2O5. The Labute approximate surface area is 179 Å². The Morgan fingerprint density at radius 2 is 1.81 bits per heavy atom. The standard InChI is InChI=1S/C21H29F3N2O5/c1-12(13-6-8-26(9-7-13)20(28)31-21(2,3)4)25-16-11-14(18(27)29-5)10-15(22)17(16)30-19(23)24/h10-13,19,25H,6-9H2,1-5H3/t12-/m0/s1. The highest BCUT2D eigenvalue weighted by Gasteiger charge is 2.30. The number of nitrogens with zero attached hydrogens (tertiary/aromatic N) is 1. The van der Waals surface area contributed by atoms with Crippen LogP contribution in [0.2, 0.25) is 0 Å². The third-order valence-electron chi connectivity index (χ3n) is 4.95. The first-order chi connectivity index (χ1) is 14.4. The summed E-state index contributed by atoms with van der Waals surface area (Å²) in [5, 5.41) is 2.99. The number of halogens is 3. The molecule has 1 aliphatic heterocycles. The zero-order chi connectivity index (χ0) is 23.3. The third kappa shape index (κ3) is 6.93. The maximum absolute atomic E-state index is 14.4. The van der Waals surface area contributed by atoms with Crippen molar-refractivity contribution in [1.29, 1.82) is 0 Å². The number of ether oxygens (including phenoxy) is 3. The Morgan fingerprint density at radius 3 is 2.32 bits per heavy atom. The summed E-state index contributed by atoms with van der Waals surface area (Å²) in [6, 6.07) is 1.74. The molecule has 1 atom stereocenters. The van der Waals surface area contributed by atoms with Crippen molar-refractivity contribution in [2.24, 2.45) is 5.92 Å². The van der Waals surface area contributed by atoms with Crippen molar-refractivity contribution >= 4 is 17.7 Å². The van der Waals surface area contributed by atoms with E-state index in [4.69, 9.17) is 4.74 Å². The molecule has 0 saturated carbocycles. The van der Waals surface area contributed by atoms with Crippen molar-refractivity contribution in [1.82, 2.24) is 4.90 Å². The molecule has 1 aromatic carbocycles. The van der Waals surface area contributed by atoms with Crippen LogP contribution in [0.4, 0.5) is 23.7 Å². The number of hydrogen-bond donors (Lipinski definition) is 1. The Bertz CT molecular complexity index is 790. The average Bonchev–Trinajstić information content (AvgIpc) is 2.68. The number of likely N-dealkylation sites (tertiary alicyclic amines) is 1. The molecule has 0 bridgehead atoms. The van der Waals surface area contributed by atoms with Gasteiger partial charge in [0.25, 0.3) is 0 Å². The highest BCUT2D eigenvalue weighted by molar-refractivity contribution is 5.91. The Kier molecular flexibility index (Phi) is 8.02. The lowest BCUT2D eigenvalue weighted by Gasteiger charge is -2.36. The number of nitrogens with one attached hydrogen (secondary N) is 1. The van der Waals surface area contributed by atoms with Crippen molar-refractivity contribution in [3.63, 3.8) is 0 Å². The minimum atomic E-state index is -3.23. The van der Waals surface area contributed by atoms with Crippen LogP contribution < -0.4 is 10.1 Å². The fourth-order valence-electron chi connectivity index (χ4n) is 3.42. The predicted molar refractivity (Wildman–Crippen MR) is 108 cm³/mol. The van der Waals surface area contributed by atoms with Crippen molar-refractivity contribution < 1.29 is 37.0 Å². The maximum atomic E-state index is 14.4. The number of carbonyl (C=O) groups is 2. The first-order valence-corrected chi connectivity index (χ1v) is 10.0. The van der Waals surface area contributed by atoms with Crippen LogP contribution in [0.5, 0.6) is 5.75 Å². The molecule has 1 heterocycles. The molecule has 1 fully saturated rings. The van der Waals surface area contributed by atoms with E-state index in [0.717, 1.165) is 13.2 Å². The van der Waals surface area contributed by atoms with Crippen LogP contribution in [0.25, 0.3) is 0 Å². The molecule has 0 aromatic heterocycles. The van der Waals surface area contributed by atoms with E-state index in [-0.39, 0.29) is 29.3 Å². The van der Waals surface area contributed by atoms with E-state index in [1.807, 2.05) is 6.92 Å². The monoisotopic (exact) mass is 446 g/mol. The quantitative estimate of drug-likeness (QED) is 0.641. The van der Waals surface area contributed by atoms with Crippen LogP contribution in [-0.4, -0.2) is 55.4 Å². The summed E-state index contributed by atoms with van der Waals surface area (Å²) < 4.78 is 54.2. The van der Waals surface area contributed by atoms with Gasteiger partial charge in [-0.05, 0) is 58.6 Å². The van der Waals surface area contributed by atoms with Crippen LogP contribution >= 0.6 is 0 Å². The van der Waals surface area contributed by atoms with Gasteiger partial charge in [-0.2, -0.15) is 8.78 Å². The molecule has 0 aliphatic carbocycles. The van der Waals surface area contributed by atoms with Gasteiger partial charge < -0.3 is 24.4 Å². The van der Waals surface area contributed by atoms with E-state index >= 15 is 0 Å². The molecule has 31 heavy (non-hydrogen) atoms. The first-order valence-electron chi connectivity index (χ1n) is 10.0. The Morgan fingerprint density at radius 1 is 1.19 bits per heavy atom. The third-order valence-corrected chi connectivity index (χ3v) is 4.95. The first kappa shape index (κ1) is 24.6. The Hall–Kier alpha value is -2.65. The highest BCUT2D eigenvalue weighted by atomic mass is 19.3. The number of piperidine rings is 1. The number of alkyl halides is 2. The zero-order valence-electron chi connectivity index (χ0n) is 18.3. The normalized spacial score (nSPS) is 16.1. The molecule has 0 spiro atoms. The fraction of sp³-hybridized carbons (Fsp3) is 0.619. The van der Waals surface area contributed by atoms with Crippen molar-refractivity contribution in [3.8, 4) is 5.75 Å². The lowest BCUT2D eigenvalue weighted by Crippen LogP contribution is -2.44. The highest BCUT2D eigenvalue weighted by Crippen LogP contribution is 2.34. The van der Waals surface area contributed by atoms with Crippen molar-refractivity contribution in [2.75, 3.05) is 25.5 Å². The summed E-state index contributed by atoms with van der Waals surface area (Å²) in [5.41, 5.74) is -0.780. The lowest BCUT2D eigenvalue weighted by molar-refractivity contribution is -0.0517. The molecule has 1 aromatic rings. The van der Waals surface area contributed by atoms with Gasteiger partial charge in [0, 0.05) is 19.1 Å². The Balaban J connectivity index is 2.10. The van der Waals surface area contributed by atoms with E-state index in [1.165, 1.54) is 6.07 Å². The molecule has 174 valence electrons. The van der Waals surface area contributed by atoms with Crippen LogP contribution in [-0.2, 0) is 9.47 Å². The number of amides is 1. The summed E-state index contributed by atoms with van der Waals surface area (Å²) >= 11 is 0. The summed E-state index contributed by atoms with van der Waals surface area (Å²) in [5.74, 6) is -2.50. The van der Waals surface area contributed by atoms with Gasteiger partial charge in [-0.3, -0.25) is 0 Å². The van der Waals surface area contributed by atoms with Gasteiger partial charge in [-0.15, -0.1) is 0 Å². The molecule has 10 heteroatoms. The zero-order valence-corrected chi connectivity index (χ0v) is 18.3. The predicted octanol–water partition coefficient (Wildman–Crippen LogP) is 4.66. The van der Waals surface area contributed by atoms with E-state index in [1.54, 1.807) is 25.7 Å². The summed E-state index contributed by atoms with van der Waals surface area (Å²) in [6.45, 7) is 4.93. The largest absolute Gasteiger partial charge is 0.465 e. The van der Waals surface area contributed by atoms with Crippen LogP contribution in [0.3, 0.4) is 0 Å². The van der Waals surface area contributed by atoms with Gasteiger partial charge in [-0.25, -0.2) is 14.0 Å². The number of rotatable bonds is 6. The maximum Gasteiger partial charge on any atom is 0.410 e. The van der Waals surface area contributed by atoms with Crippen molar-refractivity contribution in [2.45, 2.75) is 58.8 Å². The summed E-state index contributed by atoms with van der Waals surface area (Å²) in [6.07, 6.45) is 0.891. The van der Waals surface area contributed by atoms with E-state index in [9.17, 15) is 22.8 Å². The summed E-state index contributed by atoms with van der Waals surface area (Å²) in [7, 11) is 1.14. The summed E-state index contributed by atoms with van der Waals surface area (Å²) in [4.78, 5) is 25.6. The molecule has 1 aliphatic rings. The second kappa shape index (κ2) is 10.1. The minimum Gasteiger partial charge on any atom is -0.465 e. The molecule has 1 N–H and O–H groups in total. The number of hydrogen-bond acceptors (Lipinski definition) is 6. The average molecular weight is 446 g/mol. The molecule has 1 amide bonds. The number of anilines is 1. The van der Waals surface area contributed by atoms with Crippen LogP contribution in [0, 0.1) is 11.7 Å². The van der Waals surface area contributed by atoms with Gasteiger partial charge in [0.05, 0.1) is 18.4 Å². The fourth-order valence-corrected chi connectivity index (χ4v) is 3.42. The topological polar surface area (TPSA) is 77.1 Å². The number of esters is 1. The molecule has 2 rings (SSSR count).